The number of halogens is 1. The fraction of sp³-hybridized carbons (Fsp3) is 0.235. The predicted octanol–water partition coefficient (Wildman–Crippen LogP) is 4.51. The van der Waals surface area contributed by atoms with E-state index in [-0.39, 0.29) is 17.5 Å². The van der Waals surface area contributed by atoms with Crippen LogP contribution in [0, 0.1) is 5.82 Å². The summed E-state index contributed by atoms with van der Waals surface area (Å²) in [7, 11) is 0. The van der Waals surface area contributed by atoms with Gasteiger partial charge in [-0.2, -0.15) is 0 Å². The third-order valence-electron chi connectivity index (χ3n) is 3.01. The Morgan fingerprint density at radius 3 is 2.62 bits per heavy atom. The van der Waals surface area contributed by atoms with Gasteiger partial charge in [0.1, 0.15) is 5.82 Å². The highest BCUT2D eigenvalue weighted by molar-refractivity contribution is 8.00. The number of carbonyl (C=O) groups excluding carboxylic acids is 1. The van der Waals surface area contributed by atoms with E-state index in [1.54, 1.807) is 18.2 Å². The number of carbonyl (C=O) groups is 1. The molecule has 0 radical (unpaired) electrons. The highest BCUT2D eigenvalue weighted by Crippen LogP contribution is 2.22. The number of amides is 1. The molecule has 0 saturated heterocycles. The Labute approximate surface area is 128 Å². The van der Waals surface area contributed by atoms with Crippen molar-refractivity contribution in [1.29, 1.82) is 0 Å². The van der Waals surface area contributed by atoms with Crippen LogP contribution in [-0.2, 0) is 11.2 Å². The maximum Gasteiger partial charge on any atom is 0.234 e. The highest BCUT2D eigenvalue weighted by atomic mass is 32.2. The van der Waals surface area contributed by atoms with Gasteiger partial charge in [0.15, 0.2) is 0 Å². The van der Waals surface area contributed by atoms with Gasteiger partial charge in [-0.3, -0.25) is 4.79 Å². The van der Waals surface area contributed by atoms with Gasteiger partial charge in [-0.05, 0) is 30.2 Å². The first-order valence-electron chi connectivity index (χ1n) is 6.95. The molecule has 1 N–H and O–H groups in total. The zero-order chi connectivity index (χ0) is 15.1. The van der Waals surface area contributed by atoms with Gasteiger partial charge in [-0.1, -0.05) is 43.7 Å². The summed E-state index contributed by atoms with van der Waals surface area (Å²) < 4.78 is 13.5. The van der Waals surface area contributed by atoms with Crippen LogP contribution in [0.25, 0.3) is 0 Å². The number of para-hydroxylation sites is 1. The standard InChI is InChI=1S/C17H18FNOS/c1-2-7-13-8-3-5-10-15(13)19-17(20)12-21-16-11-6-4-9-14(16)18/h3-6,8-11H,2,7,12H2,1H3,(H,19,20). The molecule has 0 fully saturated rings. The first-order chi connectivity index (χ1) is 10.2. The number of hydrogen-bond acceptors (Lipinski definition) is 2. The molecular formula is C17H18FNOS. The summed E-state index contributed by atoms with van der Waals surface area (Å²) in [6.07, 6.45) is 1.95. The molecule has 2 rings (SSSR count). The van der Waals surface area contributed by atoms with E-state index in [9.17, 15) is 9.18 Å². The van der Waals surface area contributed by atoms with Gasteiger partial charge >= 0.3 is 0 Å². The SMILES string of the molecule is CCCc1ccccc1NC(=O)CSc1ccccc1F. The van der Waals surface area contributed by atoms with Crippen molar-refractivity contribution in [1.82, 2.24) is 0 Å². The minimum absolute atomic E-state index is 0.119. The minimum atomic E-state index is -0.290. The number of hydrogen-bond donors (Lipinski definition) is 1. The Hall–Kier alpha value is -1.81. The zero-order valence-corrected chi connectivity index (χ0v) is 12.8. The molecule has 0 aliphatic heterocycles. The number of thioether (sulfide) groups is 1. The third-order valence-corrected chi connectivity index (χ3v) is 4.05. The monoisotopic (exact) mass is 303 g/mol. The van der Waals surface area contributed by atoms with Crippen LogP contribution in [0.2, 0.25) is 0 Å². The molecule has 1 amide bonds. The molecular weight excluding hydrogens is 285 g/mol. The Kier molecular flexibility index (Phi) is 5.81. The van der Waals surface area contributed by atoms with Crippen LogP contribution in [0.15, 0.2) is 53.4 Å². The molecule has 4 heteroatoms. The van der Waals surface area contributed by atoms with Crippen LogP contribution in [0.1, 0.15) is 18.9 Å². The fourth-order valence-electron chi connectivity index (χ4n) is 2.02. The normalized spacial score (nSPS) is 10.4. The third kappa shape index (κ3) is 4.60. The van der Waals surface area contributed by atoms with Gasteiger partial charge in [0.05, 0.1) is 5.75 Å². The van der Waals surface area contributed by atoms with Crippen LogP contribution < -0.4 is 5.32 Å². The summed E-state index contributed by atoms with van der Waals surface area (Å²) in [6, 6.07) is 14.3. The summed E-state index contributed by atoms with van der Waals surface area (Å²) in [5.74, 6) is -0.213. The lowest BCUT2D eigenvalue weighted by atomic mass is 10.1. The van der Waals surface area contributed by atoms with Crippen molar-refractivity contribution in [3.63, 3.8) is 0 Å². The molecule has 0 aliphatic carbocycles. The lowest BCUT2D eigenvalue weighted by Gasteiger charge is -2.10. The van der Waals surface area contributed by atoms with E-state index in [1.165, 1.54) is 17.8 Å². The molecule has 0 aromatic heterocycles. The van der Waals surface area contributed by atoms with Gasteiger partial charge < -0.3 is 5.32 Å². The second-order valence-electron chi connectivity index (χ2n) is 4.67. The topological polar surface area (TPSA) is 29.1 Å². The molecule has 2 aromatic rings. The molecule has 21 heavy (non-hydrogen) atoms. The minimum Gasteiger partial charge on any atom is -0.325 e. The average Bonchev–Trinajstić information content (AvgIpc) is 2.49. The van der Waals surface area contributed by atoms with Crippen molar-refractivity contribution >= 4 is 23.4 Å². The molecule has 0 atom stereocenters. The largest absolute Gasteiger partial charge is 0.325 e. The summed E-state index contributed by atoms with van der Waals surface area (Å²) in [6.45, 7) is 2.10. The Bertz CT molecular complexity index is 615. The molecule has 0 unspecified atom stereocenters. The maximum absolute atomic E-state index is 13.5. The van der Waals surface area contributed by atoms with Crippen LogP contribution in [0.5, 0.6) is 0 Å². The molecule has 0 heterocycles. The number of rotatable bonds is 6. The summed E-state index contributed by atoms with van der Waals surface area (Å²) in [5.41, 5.74) is 1.97. The molecule has 0 aliphatic rings. The van der Waals surface area contributed by atoms with E-state index in [1.807, 2.05) is 24.3 Å². The highest BCUT2D eigenvalue weighted by Gasteiger charge is 2.08. The van der Waals surface area contributed by atoms with Crippen molar-refractivity contribution in [3.05, 3.63) is 59.9 Å². The van der Waals surface area contributed by atoms with Gasteiger partial charge in [0.25, 0.3) is 0 Å². The summed E-state index contributed by atoms with van der Waals surface area (Å²) in [4.78, 5) is 12.5. The van der Waals surface area contributed by atoms with E-state index in [2.05, 4.69) is 12.2 Å². The second-order valence-corrected chi connectivity index (χ2v) is 5.69. The van der Waals surface area contributed by atoms with Crippen molar-refractivity contribution < 1.29 is 9.18 Å². The van der Waals surface area contributed by atoms with E-state index < -0.39 is 0 Å². The number of anilines is 1. The average molecular weight is 303 g/mol. The van der Waals surface area contributed by atoms with Crippen LogP contribution in [0.3, 0.4) is 0 Å². The fourth-order valence-corrected chi connectivity index (χ4v) is 2.76. The summed E-state index contributed by atoms with van der Waals surface area (Å²) in [5, 5.41) is 2.90. The number of nitrogens with one attached hydrogen (secondary N) is 1. The first kappa shape index (κ1) is 15.6. The zero-order valence-electron chi connectivity index (χ0n) is 11.9. The summed E-state index contributed by atoms with van der Waals surface area (Å²) >= 11 is 1.21. The maximum atomic E-state index is 13.5. The predicted molar refractivity (Wildman–Crippen MR) is 86.2 cm³/mol. The van der Waals surface area contributed by atoms with Gasteiger partial charge in [-0.25, -0.2) is 4.39 Å². The lowest BCUT2D eigenvalue weighted by Crippen LogP contribution is -2.15. The van der Waals surface area contributed by atoms with Crippen molar-refractivity contribution in [2.24, 2.45) is 0 Å². The molecule has 2 aromatic carbocycles. The van der Waals surface area contributed by atoms with E-state index in [0.717, 1.165) is 24.1 Å². The second kappa shape index (κ2) is 7.84. The van der Waals surface area contributed by atoms with Gasteiger partial charge in [0.2, 0.25) is 5.91 Å². The Balaban J connectivity index is 1.95. The molecule has 110 valence electrons. The van der Waals surface area contributed by atoms with E-state index >= 15 is 0 Å². The first-order valence-corrected chi connectivity index (χ1v) is 7.94. The smallest absolute Gasteiger partial charge is 0.234 e. The van der Waals surface area contributed by atoms with Crippen LogP contribution in [-0.4, -0.2) is 11.7 Å². The molecule has 0 bridgehead atoms. The molecule has 0 saturated carbocycles. The van der Waals surface area contributed by atoms with Gasteiger partial charge in [-0.15, -0.1) is 11.8 Å². The quantitative estimate of drug-likeness (QED) is 0.796. The molecule has 0 spiro atoms. The van der Waals surface area contributed by atoms with Crippen molar-refractivity contribution in [3.8, 4) is 0 Å². The Morgan fingerprint density at radius 2 is 1.86 bits per heavy atom. The molecule has 2 nitrogen and oxygen atoms in total. The van der Waals surface area contributed by atoms with Gasteiger partial charge in [0, 0.05) is 10.6 Å². The number of aryl methyl sites for hydroxylation is 1. The Morgan fingerprint density at radius 1 is 1.14 bits per heavy atom. The van der Waals surface area contributed by atoms with Crippen molar-refractivity contribution in [2.45, 2.75) is 24.7 Å². The van der Waals surface area contributed by atoms with Crippen LogP contribution >= 0.6 is 11.8 Å². The van der Waals surface area contributed by atoms with E-state index in [4.69, 9.17) is 0 Å². The van der Waals surface area contributed by atoms with E-state index in [0.29, 0.717) is 4.90 Å². The van der Waals surface area contributed by atoms with Crippen molar-refractivity contribution in [2.75, 3.05) is 11.1 Å². The van der Waals surface area contributed by atoms with Crippen LogP contribution in [0.4, 0.5) is 10.1 Å². The lowest BCUT2D eigenvalue weighted by molar-refractivity contribution is -0.113. The number of benzene rings is 2.